The summed E-state index contributed by atoms with van der Waals surface area (Å²) in [5, 5.41) is 1.86. The Morgan fingerprint density at radius 2 is 2.38 bits per heavy atom. The minimum Gasteiger partial charge on any atom is -0.360 e. The SMILES string of the molecule is O=[S+]Cc1c[nH]c2ccsc2c1=O. The molecule has 2 aromatic rings. The fourth-order valence-corrected chi connectivity index (χ4v) is 2.32. The molecule has 0 radical (unpaired) electrons. The molecule has 0 amide bonds. The van der Waals surface area contributed by atoms with Crippen molar-refractivity contribution in [3.05, 3.63) is 33.4 Å². The van der Waals surface area contributed by atoms with Gasteiger partial charge < -0.3 is 4.98 Å². The van der Waals surface area contributed by atoms with E-state index in [1.807, 2.05) is 11.4 Å². The Morgan fingerprint density at radius 3 is 3.15 bits per heavy atom. The maximum Gasteiger partial charge on any atom is 0.464 e. The number of nitrogens with one attached hydrogen (secondary N) is 1. The van der Waals surface area contributed by atoms with Crippen LogP contribution >= 0.6 is 11.3 Å². The molecule has 5 heteroatoms. The van der Waals surface area contributed by atoms with E-state index in [2.05, 4.69) is 4.98 Å². The van der Waals surface area contributed by atoms with E-state index in [1.54, 1.807) is 6.20 Å². The third kappa shape index (κ3) is 1.40. The van der Waals surface area contributed by atoms with Crippen molar-refractivity contribution in [2.75, 3.05) is 0 Å². The number of aromatic nitrogens is 1. The zero-order valence-corrected chi connectivity index (χ0v) is 8.21. The summed E-state index contributed by atoms with van der Waals surface area (Å²) in [6.07, 6.45) is 1.61. The molecule has 0 unspecified atom stereocenters. The summed E-state index contributed by atoms with van der Waals surface area (Å²) in [6, 6.07) is 1.86. The highest BCUT2D eigenvalue weighted by Gasteiger charge is 2.10. The Morgan fingerprint density at radius 1 is 1.54 bits per heavy atom. The van der Waals surface area contributed by atoms with Gasteiger partial charge in [0.2, 0.25) is 5.43 Å². The van der Waals surface area contributed by atoms with E-state index in [-0.39, 0.29) is 11.2 Å². The average Bonchev–Trinajstić information content (AvgIpc) is 2.58. The highest BCUT2D eigenvalue weighted by molar-refractivity contribution is 7.64. The lowest BCUT2D eigenvalue weighted by Crippen LogP contribution is -2.07. The predicted octanol–water partition coefficient (Wildman–Crippen LogP) is 1.52. The fourth-order valence-electron chi connectivity index (χ4n) is 1.15. The summed E-state index contributed by atoms with van der Waals surface area (Å²) in [5.74, 6) is 0.225. The monoisotopic (exact) mass is 212 g/mol. The van der Waals surface area contributed by atoms with Gasteiger partial charge in [-0.2, -0.15) is 0 Å². The first kappa shape index (κ1) is 8.52. The number of H-pyrrole nitrogens is 1. The molecule has 0 aliphatic carbocycles. The van der Waals surface area contributed by atoms with Gasteiger partial charge in [-0.05, 0) is 11.4 Å². The van der Waals surface area contributed by atoms with Crippen LogP contribution in [0.15, 0.2) is 22.4 Å². The van der Waals surface area contributed by atoms with Crippen molar-refractivity contribution >= 4 is 33.2 Å². The molecular formula is C8H6NO2S2+. The first-order chi connectivity index (χ1) is 6.33. The quantitative estimate of drug-likeness (QED) is 0.767. The Labute approximate surface area is 81.9 Å². The van der Waals surface area contributed by atoms with Crippen molar-refractivity contribution in [1.29, 1.82) is 0 Å². The van der Waals surface area contributed by atoms with Gasteiger partial charge in [0.25, 0.3) is 5.75 Å². The first-order valence-corrected chi connectivity index (χ1v) is 5.44. The molecule has 0 saturated carbocycles. The van der Waals surface area contributed by atoms with Crippen LogP contribution in [0.5, 0.6) is 0 Å². The van der Waals surface area contributed by atoms with Crippen molar-refractivity contribution in [3.8, 4) is 0 Å². The van der Waals surface area contributed by atoms with Gasteiger partial charge in [0, 0.05) is 10.4 Å². The van der Waals surface area contributed by atoms with Gasteiger partial charge in [0.1, 0.15) is 0 Å². The molecule has 66 valence electrons. The molecule has 3 nitrogen and oxygen atoms in total. The smallest absolute Gasteiger partial charge is 0.360 e. The van der Waals surface area contributed by atoms with Crippen molar-refractivity contribution in [3.63, 3.8) is 0 Å². The minimum atomic E-state index is -0.0212. The summed E-state index contributed by atoms with van der Waals surface area (Å²) in [7, 11) is 0. The van der Waals surface area contributed by atoms with Crippen molar-refractivity contribution < 1.29 is 4.21 Å². The second kappa shape index (κ2) is 3.35. The zero-order valence-electron chi connectivity index (χ0n) is 6.57. The number of pyridine rings is 1. The molecule has 0 atom stereocenters. The molecule has 0 saturated heterocycles. The van der Waals surface area contributed by atoms with E-state index < -0.39 is 0 Å². The van der Waals surface area contributed by atoms with Gasteiger partial charge in [0.05, 0.1) is 15.8 Å². The van der Waals surface area contributed by atoms with E-state index >= 15 is 0 Å². The lowest BCUT2D eigenvalue weighted by molar-refractivity contribution is 0.604. The van der Waals surface area contributed by atoms with Crippen LogP contribution in [0.2, 0.25) is 0 Å². The molecule has 2 aromatic heterocycles. The predicted molar refractivity (Wildman–Crippen MR) is 54.2 cm³/mol. The second-order valence-electron chi connectivity index (χ2n) is 2.57. The zero-order chi connectivity index (χ0) is 9.26. The second-order valence-corrected chi connectivity index (χ2v) is 4.01. The molecule has 0 fully saturated rings. The molecule has 0 bridgehead atoms. The normalized spacial score (nSPS) is 10.5. The molecule has 0 spiro atoms. The van der Waals surface area contributed by atoms with Crippen LogP contribution in [-0.2, 0) is 21.6 Å². The Hall–Kier alpha value is -1.07. The maximum atomic E-state index is 11.6. The maximum absolute atomic E-state index is 11.6. The van der Waals surface area contributed by atoms with E-state index in [4.69, 9.17) is 0 Å². The number of hydrogen-bond donors (Lipinski definition) is 1. The number of aromatic amines is 1. The van der Waals surface area contributed by atoms with E-state index in [9.17, 15) is 9.00 Å². The third-order valence-corrected chi connectivity index (χ3v) is 3.12. The van der Waals surface area contributed by atoms with Crippen LogP contribution in [0.4, 0.5) is 0 Å². The van der Waals surface area contributed by atoms with E-state index in [1.165, 1.54) is 11.3 Å². The summed E-state index contributed by atoms with van der Waals surface area (Å²) < 4.78 is 11.0. The molecule has 13 heavy (non-hydrogen) atoms. The van der Waals surface area contributed by atoms with Crippen molar-refractivity contribution in [2.24, 2.45) is 0 Å². The third-order valence-electron chi connectivity index (χ3n) is 1.78. The summed E-state index contributed by atoms with van der Waals surface area (Å²) in [5.41, 5.74) is 1.37. The molecule has 2 rings (SSSR count). The number of hydrogen-bond acceptors (Lipinski definition) is 3. The first-order valence-electron chi connectivity index (χ1n) is 3.65. The largest absolute Gasteiger partial charge is 0.464 e. The Balaban J connectivity index is 2.73. The Kier molecular flexibility index (Phi) is 2.20. The summed E-state index contributed by atoms with van der Waals surface area (Å²) in [4.78, 5) is 14.6. The van der Waals surface area contributed by atoms with Gasteiger partial charge in [-0.3, -0.25) is 4.79 Å². The Bertz CT molecular complexity index is 500. The molecule has 2 heterocycles. The summed E-state index contributed by atoms with van der Waals surface area (Å²) in [6.45, 7) is 0. The highest BCUT2D eigenvalue weighted by Crippen LogP contribution is 2.14. The number of fused-ring (bicyclic) bond motifs is 1. The number of thiophene rings is 1. The van der Waals surface area contributed by atoms with Crippen LogP contribution in [-0.4, -0.2) is 4.98 Å². The van der Waals surface area contributed by atoms with Gasteiger partial charge in [-0.15, -0.1) is 11.3 Å². The van der Waals surface area contributed by atoms with Gasteiger partial charge in [0.15, 0.2) is 0 Å². The van der Waals surface area contributed by atoms with Crippen LogP contribution in [0.1, 0.15) is 5.56 Å². The lowest BCUT2D eigenvalue weighted by Gasteiger charge is -1.90. The van der Waals surface area contributed by atoms with E-state index in [0.29, 0.717) is 21.9 Å². The van der Waals surface area contributed by atoms with Gasteiger partial charge >= 0.3 is 11.7 Å². The van der Waals surface area contributed by atoms with Crippen LogP contribution in [0.25, 0.3) is 10.2 Å². The van der Waals surface area contributed by atoms with E-state index in [0.717, 1.165) is 5.52 Å². The fraction of sp³-hybridized carbons (Fsp3) is 0.125. The lowest BCUT2D eigenvalue weighted by atomic mass is 10.3. The molecule has 1 N–H and O–H groups in total. The number of rotatable bonds is 2. The van der Waals surface area contributed by atoms with Crippen LogP contribution in [0.3, 0.4) is 0 Å². The molecule has 0 aliphatic rings. The van der Waals surface area contributed by atoms with Crippen LogP contribution in [0, 0.1) is 0 Å². The van der Waals surface area contributed by atoms with Gasteiger partial charge in [-0.25, -0.2) is 0 Å². The van der Waals surface area contributed by atoms with Crippen molar-refractivity contribution in [2.45, 2.75) is 5.75 Å². The highest BCUT2D eigenvalue weighted by atomic mass is 32.1. The summed E-state index contributed by atoms with van der Waals surface area (Å²) >= 11 is 1.81. The van der Waals surface area contributed by atoms with Crippen molar-refractivity contribution in [1.82, 2.24) is 4.98 Å². The minimum absolute atomic E-state index is 0.0212. The molecule has 0 aliphatic heterocycles. The van der Waals surface area contributed by atoms with Crippen LogP contribution < -0.4 is 5.43 Å². The molecule has 0 aromatic carbocycles. The average molecular weight is 212 g/mol. The molecular weight excluding hydrogens is 206 g/mol. The topological polar surface area (TPSA) is 49.9 Å². The van der Waals surface area contributed by atoms with Gasteiger partial charge in [-0.1, -0.05) is 0 Å². The standard InChI is InChI=1S/C8H5NO2S2/c10-7-5(4-13-11)3-9-6-1-2-12-8(6)7/h1-3H,4H2/p+1.